The molecule has 0 bridgehead atoms. The van der Waals surface area contributed by atoms with Crippen LogP contribution in [-0.2, 0) is 16.0 Å². The topological polar surface area (TPSA) is 21.7 Å². The maximum absolute atomic E-state index is 5.25. The highest BCUT2D eigenvalue weighted by Crippen LogP contribution is 2.09. The number of ether oxygens (including phenoxy) is 2. The SMILES string of the molecule is COC(CN(Cc1ccccc1)C(C)C)OC. The molecule has 0 heterocycles. The van der Waals surface area contributed by atoms with Crippen LogP contribution in [0.15, 0.2) is 30.3 Å². The first-order valence-electron chi connectivity index (χ1n) is 6.01. The van der Waals surface area contributed by atoms with E-state index in [1.54, 1.807) is 14.2 Å². The summed E-state index contributed by atoms with van der Waals surface area (Å²) in [5.41, 5.74) is 1.31. The molecule has 0 saturated heterocycles. The largest absolute Gasteiger partial charge is 0.355 e. The van der Waals surface area contributed by atoms with Gasteiger partial charge in [0.1, 0.15) is 0 Å². The van der Waals surface area contributed by atoms with Crippen LogP contribution in [0, 0.1) is 0 Å². The van der Waals surface area contributed by atoms with Crippen LogP contribution in [0.2, 0.25) is 0 Å². The van der Waals surface area contributed by atoms with Crippen LogP contribution in [-0.4, -0.2) is 38.0 Å². The number of nitrogens with zero attached hydrogens (tertiary/aromatic N) is 1. The van der Waals surface area contributed by atoms with E-state index in [1.165, 1.54) is 5.56 Å². The van der Waals surface area contributed by atoms with Gasteiger partial charge in [0.15, 0.2) is 6.29 Å². The fraction of sp³-hybridized carbons (Fsp3) is 0.571. The second-order valence-corrected chi connectivity index (χ2v) is 4.41. The van der Waals surface area contributed by atoms with Crippen LogP contribution in [0.3, 0.4) is 0 Å². The van der Waals surface area contributed by atoms with Gasteiger partial charge in [-0.2, -0.15) is 0 Å². The summed E-state index contributed by atoms with van der Waals surface area (Å²) in [5, 5.41) is 0. The lowest BCUT2D eigenvalue weighted by Crippen LogP contribution is -2.38. The van der Waals surface area contributed by atoms with Gasteiger partial charge in [-0.05, 0) is 19.4 Å². The molecule has 96 valence electrons. The van der Waals surface area contributed by atoms with Gasteiger partial charge in [0, 0.05) is 26.8 Å². The minimum absolute atomic E-state index is 0.166. The van der Waals surface area contributed by atoms with Gasteiger partial charge in [0.25, 0.3) is 0 Å². The lowest BCUT2D eigenvalue weighted by atomic mass is 10.2. The van der Waals surface area contributed by atoms with Crippen molar-refractivity contribution in [3.8, 4) is 0 Å². The highest BCUT2D eigenvalue weighted by molar-refractivity contribution is 5.14. The van der Waals surface area contributed by atoms with Crippen LogP contribution < -0.4 is 0 Å². The average Bonchev–Trinajstić information content (AvgIpc) is 2.35. The smallest absolute Gasteiger partial charge is 0.169 e. The lowest BCUT2D eigenvalue weighted by molar-refractivity contribution is -0.120. The van der Waals surface area contributed by atoms with Gasteiger partial charge in [-0.1, -0.05) is 30.3 Å². The summed E-state index contributed by atoms with van der Waals surface area (Å²) in [5.74, 6) is 0. The molecule has 1 aromatic carbocycles. The van der Waals surface area contributed by atoms with Crippen molar-refractivity contribution in [3.63, 3.8) is 0 Å². The summed E-state index contributed by atoms with van der Waals surface area (Å²) < 4.78 is 10.5. The number of hydrogen-bond acceptors (Lipinski definition) is 3. The van der Waals surface area contributed by atoms with E-state index >= 15 is 0 Å². The standard InChI is InChI=1S/C14H23NO2/c1-12(2)15(11-14(16-3)17-4)10-13-8-6-5-7-9-13/h5-9,12,14H,10-11H2,1-4H3. The van der Waals surface area contributed by atoms with Gasteiger partial charge in [-0.3, -0.25) is 4.90 Å². The molecule has 0 amide bonds. The first-order chi connectivity index (χ1) is 8.17. The fourth-order valence-electron chi connectivity index (χ4n) is 1.71. The van der Waals surface area contributed by atoms with Gasteiger partial charge in [-0.25, -0.2) is 0 Å². The summed E-state index contributed by atoms with van der Waals surface area (Å²) in [6.07, 6.45) is -0.166. The molecular weight excluding hydrogens is 214 g/mol. The summed E-state index contributed by atoms with van der Waals surface area (Å²) in [6.45, 7) is 6.07. The Morgan fingerprint density at radius 3 is 2.12 bits per heavy atom. The Bertz CT molecular complexity index is 296. The molecule has 0 aromatic heterocycles. The van der Waals surface area contributed by atoms with E-state index in [1.807, 2.05) is 6.07 Å². The molecule has 0 spiro atoms. The molecule has 1 aromatic rings. The van der Waals surface area contributed by atoms with E-state index in [-0.39, 0.29) is 6.29 Å². The molecule has 3 nitrogen and oxygen atoms in total. The zero-order valence-electron chi connectivity index (χ0n) is 11.2. The number of rotatable bonds is 7. The number of benzene rings is 1. The normalized spacial score (nSPS) is 11.7. The van der Waals surface area contributed by atoms with Crippen LogP contribution >= 0.6 is 0 Å². The molecule has 0 fully saturated rings. The van der Waals surface area contributed by atoms with Crippen molar-refractivity contribution in [3.05, 3.63) is 35.9 Å². The number of hydrogen-bond donors (Lipinski definition) is 0. The zero-order chi connectivity index (χ0) is 12.7. The van der Waals surface area contributed by atoms with Gasteiger partial charge >= 0.3 is 0 Å². The third kappa shape index (κ3) is 4.86. The second kappa shape index (κ2) is 7.43. The lowest BCUT2D eigenvalue weighted by Gasteiger charge is -2.29. The van der Waals surface area contributed by atoms with Crippen molar-refractivity contribution in [1.29, 1.82) is 0 Å². The van der Waals surface area contributed by atoms with E-state index in [0.717, 1.165) is 13.1 Å². The predicted octanol–water partition coefficient (Wildman–Crippen LogP) is 2.52. The summed E-state index contributed by atoms with van der Waals surface area (Å²) >= 11 is 0. The van der Waals surface area contributed by atoms with Gasteiger partial charge < -0.3 is 9.47 Å². The summed E-state index contributed by atoms with van der Waals surface area (Å²) in [4.78, 5) is 2.34. The summed E-state index contributed by atoms with van der Waals surface area (Å²) in [6, 6.07) is 10.9. The first-order valence-corrected chi connectivity index (χ1v) is 6.01. The van der Waals surface area contributed by atoms with Crippen molar-refractivity contribution in [1.82, 2.24) is 4.90 Å². The van der Waals surface area contributed by atoms with Gasteiger partial charge in [0.05, 0.1) is 6.54 Å². The molecule has 0 saturated carbocycles. The molecular formula is C14H23NO2. The van der Waals surface area contributed by atoms with Crippen molar-refractivity contribution >= 4 is 0 Å². The molecule has 17 heavy (non-hydrogen) atoms. The monoisotopic (exact) mass is 237 g/mol. The molecule has 0 aliphatic carbocycles. The first kappa shape index (κ1) is 14.2. The van der Waals surface area contributed by atoms with E-state index < -0.39 is 0 Å². The Hall–Kier alpha value is -0.900. The maximum atomic E-state index is 5.25. The molecule has 0 aliphatic heterocycles. The molecule has 0 N–H and O–H groups in total. The van der Waals surface area contributed by atoms with Crippen LogP contribution in [0.5, 0.6) is 0 Å². The van der Waals surface area contributed by atoms with Crippen molar-refractivity contribution in [2.45, 2.75) is 32.7 Å². The zero-order valence-corrected chi connectivity index (χ0v) is 11.2. The Morgan fingerprint density at radius 1 is 1.06 bits per heavy atom. The number of methoxy groups -OCH3 is 2. The quantitative estimate of drug-likeness (QED) is 0.680. The van der Waals surface area contributed by atoms with Crippen LogP contribution in [0.1, 0.15) is 19.4 Å². The van der Waals surface area contributed by atoms with Gasteiger partial charge in [0.2, 0.25) is 0 Å². The van der Waals surface area contributed by atoms with Crippen LogP contribution in [0.25, 0.3) is 0 Å². The Balaban J connectivity index is 2.60. The van der Waals surface area contributed by atoms with Crippen molar-refractivity contribution in [2.75, 3.05) is 20.8 Å². The van der Waals surface area contributed by atoms with E-state index in [0.29, 0.717) is 6.04 Å². The van der Waals surface area contributed by atoms with E-state index in [4.69, 9.17) is 9.47 Å². The minimum atomic E-state index is -0.166. The van der Waals surface area contributed by atoms with Gasteiger partial charge in [-0.15, -0.1) is 0 Å². The maximum Gasteiger partial charge on any atom is 0.169 e. The Kier molecular flexibility index (Phi) is 6.19. The molecule has 0 unspecified atom stereocenters. The summed E-state index contributed by atoms with van der Waals surface area (Å²) in [7, 11) is 3.35. The van der Waals surface area contributed by atoms with E-state index in [9.17, 15) is 0 Å². The third-order valence-electron chi connectivity index (χ3n) is 2.87. The average molecular weight is 237 g/mol. The molecule has 0 atom stereocenters. The van der Waals surface area contributed by atoms with Crippen molar-refractivity contribution in [2.24, 2.45) is 0 Å². The predicted molar refractivity (Wildman–Crippen MR) is 69.8 cm³/mol. The Morgan fingerprint density at radius 2 is 1.65 bits per heavy atom. The minimum Gasteiger partial charge on any atom is -0.355 e. The molecule has 1 rings (SSSR count). The second-order valence-electron chi connectivity index (χ2n) is 4.41. The Labute approximate surface area is 104 Å². The third-order valence-corrected chi connectivity index (χ3v) is 2.87. The molecule has 0 radical (unpaired) electrons. The highest BCUT2D eigenvalue weighted by atomic mass is 16.7. The van der Waals surface area contributed by atoms with Crippen LogP contribution in [0.4, 0.5) is 0 Å². The van der Waals surface area contributed by atoms with Crippen molar-refractivity contribution < 1.29 is 9.47 Å². The fourth-order valence-corrected chi connectivity index (χ4v) is 1.71. The highest BCUT2D eigenvalue weighted by Gasteiger charge is 2.15. The molecule has 0 aliphatic rings. The van der Waals surface area contributed by atoms with E-state index in [2.05, 4.69) is 43.0 Å². The molecule has 3 heteroatoms.